The van der Waals surface area contributed by atoms with E-state index in [2.05, 4.69) is 11.9 Å². The number of ether oxygens (including phenoxy) is 3. The van der Waals surface area contributed by atoms with E-state index in [0.717, 1.165) is 5.56 Å². The number of hydrogen-bond donors (Lipinski definition) is 2. The van der Waals surface area contributed by atoms with Crippen LogP contribution in [0.1, 0.15) is 43.6 Å². The quantitative estimate of drug-likeness (QED) is 0.149. The lowest BCUT2D eigenvalue weighted by Gasteiger charge is -2.44. The average Bonchev–Trinajstić information content (AvgIpc) is 2.91. The lowest BCUT2D eigenvalue weighted by molar-refractivity contribution is -0.153. The minimum absolute atomic E-state index is 0.00767. The molecule has 0 aromatic heterocycles. The van der Waals surface area contributed by atoms with Gasteiger partial charge in [0.2, 0.25) is 0 Å². The zero-order valence-corrected chi connectivity index (χ0v) is 25.1. The van der Waals surface area contributed by atoms with Gasteiger partial charge in [-0.25, -0.2) is 9.59 Å². The summed E-state index contributed by atoms with van der Waals surface area (Å²) in [7, 11) is -2.63. The Hall–Kier alpha value is -3.47. The molecule has 2 rings (SSSR count). The molecule has 0 fully saturated rings. The number of hydrogen-bond acceptors (Lipinski definition) is 8. The minimum atomic E-state index is -2.63. The highest BCUT2D eigenvalue weighted by Crippen LogP contribution is 2.38. The fourth-order valence-corrected chi connectivity index (χ4v) is 4.90. The summed E-state index contributed by atoms with van der Waals surface area (Å²) in [4.78, 5) is 38.0. The summed E-state index contributed by atoms with van der Waals surface area (Å²) in [5, 5.41) is 12.8. The number of aliphatic hydroxyl groups excluding tert-OH is 1. The van der Waals surface area contributed by atoms with Gasteiger partial charge in [-0.05, 0) is 41.9 Å². The summed E-state index contributed by atoms with van der Waals surface area (Å²) in [6.45, 7) is 14.4. The van der Waals surface area contributed by atoms with Gasteiger partial charge >= 0.3 is 18.0 Å². The number of carbonyl (C=O) groups excluding carboxylic acids is 3. The SMILES string of the molecule is C=C[C@H](OC(C)=O)[C@@H](OC(=O)c1ccccc1)[C@@H](O[Si](C)(C)C(C)(C)C)[C@@H](CO)NC(=O)OCc1ccccc1. The van der Waals surface area contributed by atoms with Crippen LogP contribution in [0.2, 0.25) is 18.1 Å². The molecule has 0 spiro atoms. The van der Waals surface area contributed by atoms with Crippen molar-refractivity contribution in [1.29, 1.82) is 0 Å². The third-order valence-electron chi connectivity index (χ3n) is 6.78. The maximum atomic E-state index is 13.2. The maximum Gasteiger partial charge on any atom is 0.407 e. The second-order valence-corrected chi connectivity index (χ2v) is 15.6. The van der Waals surface area contributed by atoms with E-state index >= 15 is 0 Å². The van der Waals surface area contributed by atoms with Gasteiger partial charge in [-0.2, -0.15) is 0 Å². The molecule has 4 atom stereocenters. The normalized spacial score (nSPS) is 14.7. The van der Waals surface area contributed by atoms with Gasteiger partial charge in [-0.15, -0.1) is 0 Å². The van der Waals surface area contributed by atoms with Gasteiger partial charge in [-0.1, -0.05) is 75.9 Å². The van der Waals surface area contributed by atoms with Gasteiger partial charge in [0, 0.05) is 6.92 Å². The first-order valence-corrected chi connectivity index (χ1v) is 16.0. The third-order valence-corrected chi connectivity index (χ3v) is 11.3. The van der Waals surface area contributed by atoms with Crippen LogP contribution < -0.4 is 5.32 Å². The Balaban J connectivity index is 2.47. The summed E-state index contributed by atoms with van der Waals surface area (Å²) in [5.41, 5.74) is 1.04. The number of rotatable bonds is 13. The van der Waals surface area contributed by atoms with Gasteiger partial charge in [0.05, 0.1) is 18.2 Å². The molecule has 0 unspecified atom stereocenters. The number of carbonyl (C=O) groups is 3. The monoisotopic (exact) mass is 571 g/mol. The predicted octanol–water partition coefficient (Wildman–Crippen LogP) is 5.01. The largest absolute Gasteiger partial charge is 0.454 e. The summed E-state index contributed by atoms with van der Waals surface area (Å²) in [6, 6.07) is 16.3. The van der Waals surface area contributed by atoms with Crippen molar-refractivity contribution >= 4 is 26.3 Å². The van der Waals surface area contributed by atoms with Crippen molar-refractivity contribution in [2.24, 2.45) is 0 Å². The van der Waals surface area contributed by atoms with E-state index in [9.17, 15) is 19.5 Å². The fourth-order valence-electron chi connectivity index (χ4n) is 3.57. The topological polar surface area (TPSA) is 120 Å². The van der Waals surface area contributed by atoms with Gasteiger partial charge < -0.3 is 29.1 Å². The van der Waals surface area contributed by atoms with Crippen LogP contribution in [0.3, 0.4) is 0 Å². The molecule has 0 bridgehead atoms. The van der Waals surface area contributed by atoms with Crippen LogP contribution in [0.15, 0.2) is 73.3 Å². The molecule has 0 radical (unpaired) electrons. The molecule has 1 amide bonds. The molecule has 0 aliphatic carbocycles. The predicted molar refractivity (Wildman–Crippen MR) is 154 cm³/mol. The van der Waals surface area contributed by atoms with Crippen molar-refractivity contribution in [2.45, 2.75) is 76.8 Å². The standard InChI is InChI=1S/C30H41NO8Si/c1-8-25(37-21(2)33)27(38-28(34)23-17-13-10-14-18-23)26(39-40(6,7)30(3,4)5)24(19-32)31-29(35)36-20-22-15-11-9-12-16-22/h8-18,24-27,32H,1,19-20H2,2-7H3,(H,31,35)/t24-,25+,26+,27-/m1/s1. The van der Waals surface area contributed by atoms with E-state index in [1.165, 1.54) is 13.0 Å². The van der Waals surface area contributed by atoms with E-state index in [4.69, 9.17) is 18.6 Å². The van der Waals surface area contributed by atoms with E-state index in [0.29, 0.717) is 0 Å². The summed E-state index contributed by atoms with van der Waals surface area (Å²) < 4.78 is 23.4. The summed E-state index contributed by atoms with van der Waals surface area (Å²) in [5.74, 6) is -1.33. The number of benzene rings is 2. The van der Waals surface area contributed by atoms with E-state index < -0.39 is 57.3 Å². The van der Waals surface area contributed by atoms with Gasteiger partial charge in [0.15, 0.2) is 20.5 Å². The first kappa shape index (κ1) is 32.7. The molecule has 0 aliphatic heterocycles. The third kappa shape index (κ3) is 9.62. The Morgan fingerprint density at radius 3 is 2.05 bits per heavy atom. The number of nitrogens with one attached hydrogen (secondary N) is 1. The van der Waals surface area contributed by atoms with E-state index in [1.807, 2.05) is 64.2 Å². The minimum Gasteiger partial charge on any atom is -0.454 e. The highest BCUT2D eigenvalue weighted by molar-refractivity contribution is 6.74. The molecular weight excluding hydrogens is 530 g/mol. The van der Waals surface area contributed by atoms with Crippen LogP contribution in [0.4, 0.5) is 4.79 Å². The van der Waals surface area contributed by atoms with Crippen LogP contribution in [0.25, 0.3) is 0 Å². The van der Waals surface area contributed by atoms with Crippen molar-refractivity contribution in [1.82, 2.24) is 5.32 Å². The molecule has 2 aromatic rings. The Morgan fingerprint density at radius 1 is 0.975 bits per heavy atom. The first-order chi connectivity index (χ1) is 18.8. The van der Waals surface area contributed by atoms with Crippen LogP contribution in [0.5, 0.6) is 0 Å². The van der Waals surface area contributed by atoms with Gasteiger partial charge in [0.1, 0.15) is 12.7 Å². The molecule has 0 saturated carbocycles. The molecule has 0 aliphatic rings. The number of esters is 2. The Labute approximate surface area is 237 Å². The Kier molecular flexibility index (Phi) is 12.1. The number of aliphatic hydroxyl groups is 1. The lowest BCUT2D eigenvalue weighted by atomic mass is 10.0. The van der Waals surface area contributed by atoms with Crippen LogP contribution >= 0.6 is 0 Å². The molecule has 40 heavy (non-hydrogen) atoms. The zero-order valence-electron chi connectivity index (χ0n) is 24.1. The summed E-state index contributed by atoms with van der Waals surface area (Å²) in [6.07, 6.45) is -3.02. The molecule has 10 heteroatoms. The van der Waals surface area contributed by atoms with Crippen LogP contribution in [0, 0.1) is 0 Å². The molecule has 2 N–H and O–H groups in total. The maximum absolute atomic E-state index is 13.2. The van der Waals surface area contributed by atoms with E-state index in [-0.39, 0.29) is 17.2 Å². The van der Waals surface area contributed by atoms with Gasteiger partial charge in [-0.3, -0.25) is 4.79 Å². The Morgan fingerprint density at radius 2 is 1.55 bits per heavy atom. The zero-order chi connectivity index (χ0) is 29.9. The lowest BCUT2D eigenvalue weighted by Crippen LogP contribution is -2.60. The summed E-state index contributed by atoms with van der Waals surface area (Å²) >= 11 is 0. The number of alkyl carbamates (subject to hydrolysis) is 1. The van der Waals surface area contributed by atoms with Crippen LogP contribution in [-0.2, 0) is 30.0 Å². The van der Waals surface area contributed by atoms with Crippen molar-refractivity contribution < 1.29 is 38.1 Å². The smallest absolute Gasteiger partial charge is 0.407 e. The Bertz CT molecular complexity index is 1120. The van der Waals surface area contributed by atoms with Gasteiger partial charge in [0.25, 0.3) is 0 Å². The van der Waals surface area contributed by atoms with Crippen molar-refractivity contribution in [3.8, 4) is 0 Å². The second kappa shape index (κ2) is 14.8. The van der Waals surface area contributed by atoms with Crippen LogP contribution in [-0.4, -0.2) is 62.4 Å². The molecule has 218 valence electrons. The molecule has 0 saturated heterocycles. The van der Waals surface area contributed by atoms with E-state index in [1.54, 1.807) is 30.3 Å². The molecule has 0 heterocycles. The highest BCUT2D eigenvalue weighted by atomic mass is 28.4. The molecule has 2 aromatic carbocycles. The second-order valence-electron chi connectivity index (χ2n) is 10.9. The molecule has 9 nitrogen and oxygen atoms in total. The van der Waals surface area contributed by atoms with Crippen molar-refractivity contribution in [3.63, 3.8) is 0 Å². The highest BCUT2D eigenvalue weighted by Gasteiger charge is 2.47. The average molecular weight is 572 g/mol. The molecular formula is C30H41NO8Si. The van der Waals surface area contributed by atoms with Crippen molar-refractivity contribution in [2.75, 3.05) is 6.61 Å². The van der Waals surface area contributed by atoms with Crippen molar-refractivity contribution in [3.05, 3.63) is 84.4 Å². The first-order valence-electron chi connectivity index (χ1n) is 13.1. The fraction of sp³-hybridized carbons (Fsp3) is 0.433. The number of amides is 1.